The van der Waals surface area contributed by atoms with Crippen LogP contribution in [0.1, 0.15) is 38.2 Å². The van der Waals surface area contributed by atoms with Crippen molar-refractivity contribution in [3.05, 3.63) is 90.0 Å². The molecule has 0 N–H and O–H groups in total. The standard InChI is InChI=1S/C28H27F3O3/c1-3-5-26-33-16-21(17-34-26)20-10-11-22(24(29)15-20)18-6-8-19(9-7-18)23-12-13-25(32-14-4-2)28(31)27(23)30/h4,6-15,21,26H,3,5,16-17H2,1-2H3. The van der Waals surface area contributed by atoms with Crippen LogP contribution in [0, 0.1) is 17.5 Å². The molecule has 3 nitrogen and oxygen atoms in total. The highest BCUT2D eigenvalue weighted by atomic mass is 19.2. The van der Waals surface area contributed by atoms with E-state index in [9.17, 15) is 13.2 Å². The van der Waals surface area contributed by atoms with Crippen LogP contribution < -0.4 is 4.74 Å². The zero-order valence-corrected chi connectivity index (χ0v) is 19.2. The van der Waals surface area contributed by atoms with Gasteiger partial charge in [0, 0.05) is 17.0 Å². The van der Waals surface area contributed by atoms with Crippen molar-refractivity contribution in [2.24, 2.45) is 0 Å². The summed E-state index contributed by atoms with van der Waals surface area (Å²) in [7, 11) is 0. The minimum Gasteiger partial charge on any atom is -0.462 e. The second-order valence-corrected chi connectivity index (χ2v) is 8.22. The molecule has 0 aliphatic carbocycles. The Labute approximate surface area is 197 Å². The molecule has 6 heteroatoms. The second kappa shape index (κ2) is 10.9. The quantitative estimate of drug-likeness (QED) is 0.334. The first kappa shape index (κ1) is 24.0. The number of hydrogen-bond donors (Lipinski definition) is 0. The average molecular weight is 469 g/mol. The Hall–Kier alpha value is -3.09. The van der Waals surface area contributed by atoms with Gasteiger partial charge in [0.05, 0.1) is 19.5 Å². The van der Waals surface area contributed by atoms with E-state index in [2.05, 4.69) is 6.92 Å². The molecule has 0 atom stereocenters. The Morgan fingerprint density at radius 3 is 2.15 bits per heavy atom. The Kier molecular flexibility index (Phi) is 7.70. The number of rotatable bonds is 7. The summed E-state index contributed by atoms with van der Waals surface area (Å²) in [6.07, 6.45) is 4.51. The van der Waals surface area contributed by atoms with E-state index in [0.29, 0.717) is 29.9 Å². The first-order valence-corrected chi connectivity index (χ1v) is 11.4. The van der Waals surface area contributed by atoms with Crippen molar-refractivity contribution < 1.29 is 27.4 Å². The minimum atomic E-state index is -1.06. The number of ether oxygens (including phenoxy) is 3. The van der Waals surface area contributed by atoms with Crippen LogP contribution in [-0.2, 0) is 9.47 Å². The lowest BCUT2D eigenvalue weighted by atomic mass is 9.95. The third-order valence-corrected chi connectivity index (χ3v) is 5.84. The number of allylic oxidation sites excluding steroid dienone is 1. The Balaban J connectivity index is 1.51. The van der Waals surface area contributed by atoms with Crippen molar-refractivity contribution in [3.8, 4) is 28.0 Å². The van der Waals surface area contributed by atoms with Gasteiger partial charge in [0.15, 0.2) is 17.9 Å². The molecule has 34 heavy (non-hydrogen) atoms. The summed E-state index contributed by atoms with van der Waals surface area (Å²) in [5, 5.41) is 0. The molecule has 1 saturated heterocycles. The van der Waals surface area contributed by atoms with E-state index in [0.717, 1.165) is 18.4 Å². The molecule has 0 spiro atoms. The van der Waals surface area contributed by atoms with Gasteiger partial charge in [0.25, 0.3) is 0 Å². The molecule has 0 saturated carbocycles. The summed E-state index contributed by atoms with van der Waals surface area (Å²) in [4.78, 5) is 0. The van der Waals surface area contributed by atoms with E-state index in [1.807, 2.05) is 6.07 Å². The van der Waals surface area contributed by atoms with E-state index in [1.54, 1.807) is 43.3 Å². The van der Waals surface area contributed by atoms with Gasteiger partial charge < -0.3 is 14.2 Å². The predicted octanol–water partition coefficient (Wildman–Crippen LogP) is 7.61. The van der Waals surface area contributed by atoms with Gasteiger partial charge in [-0.2, -0.15) is 4.39 Å². The summed E-state index contributed by atoms with van der Waals surface area (Å²) >= 11 is 0. The summed E-state index contributed by atoms with van der Waals surface area (Å²) in [6, 6.07) is 14.6. The molecule has 0 radical (unpaired) electrons. The lowest BCUT2D eigenvalue weighted by molar-refractivity contribution is -0.189. The zero-order chi connectivity index (χ0) is 24.1. The van der Waals surface area contributed by atoms with Crippen LogP contribution in [0.4, 0.5) is 13.2 Å². The minimum absolute atomic E-state index is 0.0170. The highest BCUT2D eigenvalue weighted by Crippen LogP contribution is 2.33. The van der Waals surface area contributed by atoms with Gasteiger partial charge in [-0.3, -0.25) is 0 Å². The molecule has 0 bridgehead atoms. The molecule has 3 aromatic carbocycles. The lowest BCUT2D eigenvalue weighted by Gasteiger charge is -2.29. The summed E-state index contributed by atoms with van der Waals surface area (Å²) in [5.41, 5.74) is 2.48. The van der Waals surface area contributed by atoms with Crippen molar-refractivity contribution in [1.82, 2.24) is 0 Å². The fourth-order valence-electron chi connectivity index (χ4n) is 3.97. The fraction of sp³-hybridized carbons (Fsp3) is 0.286. The molecule has 0 amide bonds. The molecular weight excluding hydrogens is 441 g/mol. The van der Waals surface area contributed by atoms with E-state index >= 15 is 0 Å². The number of halogens is 3. The molecular formula is C28H27F3O3. The van der Waals surface area contributed by atoms with Gasteiger partial charge in [-0.05, 0) is 48.2 Å². The largest absolute Gasteiger partial charge is 0.462 e. The van der Waals surface area contributed by atoms with E-state index in [-0.39, 0.29) is 29.3 Å². The summed E-state index contributed by atoms with van der Waals surface area (Å²) in [6.45, 7) is 4.78. The molecule has 178 valence electrons. The van der Waals surface area contributed by atoms with E-state index < -0.39 is 11.6 Å². The lowest BCUT2D eigenvalue weighted by Crippen LogP contribution is -2.30. The molecule has 1 aliphatic heterocycles. The highest BCUT2D eigenvalue weighted by molar-refractivity contribution is 5.71. The van der Waals surface area contributed by atoms with Crippen molar-refractivity contribution in [2.75, 3.05) is 13.2 Å². The van der Waals surface area contributed by atoms with Crippen LogP contribution in [0.15, 0.2) is 66.9 Å². The molecule has 3 aromatic rings. The van der Waals surface area contributed by atoms with Crippen LogP contribution >= 0.6 is 0 Å². The number of benzene rings is 3. The zero-order valence-electron chi connectivity index (χ0n) is 19.2. The first-order chi connectivity index (χ1) is 16.5. The maximum Gasteiger partial charge on any atom is 0.201 e. The average Bonchev–Trinajstić information content (AvgIpc) is 2.86. The first-order valence-electron chi connectivity index (χ1n) is 11.4. The van der Waals surface area contributed by atoms with Crippen molar-refractivity contribution >= 4 is 0 Å². The van der Waals surface area contributed by atoms with Gasteiger partial charge in [0.1, 0.15) is 5.82 Å². The van der Waals surface area contributed by atoms with Gasteiger partial charge >= 0.3 is 0 Å². The Morgan fingerprint density at radius 2 is 1.53 bits per heavy atom. The Morgan fingerprint density at radius 1 is 0.882 bits per heavy atom. The van der Waals surface area contributed by atoms with Crippen LogP contribution in [0.5, 0.6) is 5.75 Å². The van der Waals surface area contributed by atoms with Crippen molar-refractivity contribution in [2.45, 2.75) is 38.9 Å². The third-order valence-electron chi connectivity index (χ3n) is 5.84. The molecule has 1 heterocycles. The predicted molar refractivity (Wildman–Crippen MR) is 126 cm³/mol. The van der Waals surface area contributed by atoms with Crippen LogP contribution in [0.3, 0.4) is 0 Å². The van der Waals surface area contributed by atoms with Gasteiger partial charge in [-0.1, -0.05) is 55.8 Å². The van der Waals surface area contributed by atoms with E-state index in [1.165, 1.54) is 24.5 Å². The Bertz CT molecular complexity index is 1150. The van der Waals surface area contributed by atoms with Crippen molar-refractivity contribution in [1.29, 1.82) is 0 Å². The van der Waals surface area contributed by atoms with Gasteiger partial charge in [-0.15, -0.1) is 0 Å². The maximum absolute atomic E-state index is 15.0. The topological polar surface area (TPSA) is 27.7 Å². The van der Waals surface area contributed by atoms with Gasteiger partial charge in [0.2, 0.25) is 5.82 Å². The summed E-state index contributed by atoms with van der Waals surface area (Å²) in [5.74, 6) is -2.62. The maximum atomic E-state index is 15.0. The highest BCUT2D eigenvalue weighted by Gasteiger charge is 2.24. The smallest absolute Gasteiger partial charge is 0.201 e. The number of hydrogen-bond acceptors (Lipinski definition) is 3. The third kappa shape index (κ3) is 5.18. The summed E-state index contributed by atoms with van der Waals surface area (Å²) < 4.78 is 60.4. The monoisotopic (exact) mass is 468 g/mol. The van der Waals surface area contributed by atoms with Crippen LogP contribution in [0.25, 0.3) is 22.3 Å². The molecule has 1 fully saturated rings. The van der Waals surface area contributed by atoms with Gasteiger partial charge in [-0.25, -0.2) is 8.78 Å². The molecule has 1 aliphatic rings. The fourth-order valence-corrected chi connectivity index (χ4v) is 3.97. The SMILES string of the molecule is CC=COc1ccc(-c2ccc(-c3ccc(C4COC(CCC)OC4)cc3F)cc2)c(F)c1F. The van der Waals surface area contributed by atoms with Crippen molar-refractivity contribution in [3.63, 3.8) is 0 Å². The van der Waals surface area contributed by atoms with E-state index in [4.69, 9.17) is 14.2 Å². The second-order valence-electron chi connectivity index (χ2n) is 8.22. The molecule has 0 aromatic heterocycles. The molecule has 0 unspecified atom stereocenters. The molecule has 4 rings (SSSR count). The normalized spacial score (nSPS) is 18.4. The van der Waals surface area contributed by atoms with Crippen LogP contribution in [-0.4, -0.2) is 19.5 Å². The van der Waals surface area contributed by atoms with Crippen LogP contribution in [0.2, 0.25) is 0 Å².